The van der Waals surface area contributed by atoms with E-state index < -0.39 is 23.9 Å². The monoisotopic (exact) mass is 305 g/mol. The number of amides is 1. The zero-order valence-electron chi connectivity index (χ0n) is 10.6. The molecule has 8 heteroatoms. The molecule has 1 aromatic rings. The van der Waals surface area contributed by atoms with Crippen molar-refractivity contribution in [3.05, 3.63) is 29.0 Å². The lowest BCUT2D eigenvalue weighted by molar-refractivity contribution is -0.140. The molecule has 0 aliphatic heterocycles. The van der Waals surface area contributed by atoms with E-state index in [1.54, 1.807) is 6.92 Å². The minimum absolute atomic E-state index is 0.0724. The maximum Gasteiger partial charge on any atom is 0.407 e. The van der Waals surface area contributed by atoms with E-state index in [1.165, 1.54) is 12.1 Å². The summed E-state index contributed by atoms with van der Waals surface area (Å²) in [6.45, 7) is 1.32. The number of ether oxygens (including phenoxy) is 2. The van der Waals surface area contributed by atoms with Crippen molar-refractivity contribution in [2.24, 2.45) is 0 Å². The fourth-order valence-corrected chi connectivity index (χ4v) is 1.35. The molecule has 1 amide bonds. The van der Waals surface area contributed by atoms with Gasteiger partial charge in [-0.25, -0.2) is 14.0 Å². The second-order valence-corrected chi connectivity index (χ2v) is 4.05. The van der Waals surface area contributed by atoms with Crippen LogP contribution in [0, 0.1) is 5.82 Å². The lowest BCUT2D eigenvalue weighted by atomic mass is 10.3. The number of benzene rings is 1. The molecule has 2 N–H and O–H groups in total. The molecule has 0 fully saturated rings. The third-order valence-corrected chi connectivity index (χ3v) is 2.48. The number of nitrogens with one attached hydrogen (secondary N) is 1. The van der Waals surface area contributed by atoms with Crippen molar-refractivity contribution in [1.82, 2.24) is 5.32 Å². The van der Waals surface area contributed by atoms with E-state index in [-0.39, 0.29) is 24.0 Å². The van der Waals surface area contributed by atoms with Crippen LogP contribution >= 0.6 is 11.6 Å². The van der Waals surface area contributed by atoms with E-state index in [4.69, 9.17) is 21.4 Å². The van der Waals surface area contributed by atoms with E-state index in [1.807, 2.05) is 0 Å². The number of halogens is 2. The first-order valence-electron chi connectivity index (χ1n) is 5.68. The van der Waals surface area contributed by atoms with Crippen molar-refractivity contribution in [2.45, 2.75) is 13.0 Å². The Morgan fingerprint density at radius 1 is 1.50 bits per heavy atom. The van der Waals surface area contributed by atoms with E-state index in [9.17, 15) is 14.0 Å². The smallest absolute Gasteiger partial charge is 0.407 e. The molecule has 0 aromatic heterocycles. The minimum Gasteiger partial charge on any atom is -0.491 e. The summed E-state index contributed by atoms with van der Waals surface area (Å²) in [6.07, 6.45) is -0.870. The van der Waals surface area contributed by atoms with Crippen molar-refractivity contribution in [2.75, 3.05) is 13.2 Å². The van der Waals surface area contributed by atoms with Gasteiger partial charge in [-0.2, -0.15) is 0 Å². The largest absolute Gasteiger partial charge is 0.491 e. The molecule has 0 bridgehead atoms. The van der Waals surface area contributed by atoms with Crippen molar-refractivity contribution >= 4 is 23.7 Å². The normalized spacial score (nSPS) is 11.6. The van der Waals surface area contributed by atoms with Gasteiger partial charge in [-0.15, -0.1) is 0 Å². The highest BCUT2D eigenvalue weighted by molar-refractivity contribution is 6.30. The fraction of sp³-hybridized carbons (Fsp3) is 0.333. The van der Waals surface area contributed by atoms with E-state index in [0.29, 0.717) is 0 Å². The van der Waals surface area contributed by atoms with Crippen LogP contribution in [0.15, 0.2) is 18.2 Å². The van der Waals surface area contributed by atoms with Gasteiger partial charge >= 0.3 is 12.1 Å². The van der Waals surface area contributed by atoms with Crippen molar-refractivity contribution in [3.8, 4) is 5.75 Å². The van der Waals surface area contributed by atoms with Gasteiger partial charge in [0.2, 0.25) is 0 Å². The molecule has 0 radical (unpaired) electrons. The topological polar surface area (TPSA) is 84.9 Å². The van der Waals surface area contributed by atoms with Gasteiger partial charge in [0.05, 0.1) is 11.6 Å². The SMILES string of the molecule is CCOC(=O)N[C@H](COc1ccc(Cl)c(F)c1)C(=O)O. The summed E-state index contributed by atoms with van der Waals surface area (Å²) in [4.78, 5) is 22.1. The molecule has 0 unspecified atom stereocenters. The zero-order chi connectivity index (χ0) is 15.1. The number of rotatable bonds is 6. The van der Waals surface area contributed by atoms with Gasteiger partial charge in [0.1, 0.15) is 18.2 Å². The molecule has 0 spiro atoms. The molecule has 6 nitrogen and oxygen atoms in total. The summed E-state index contributed by atoms with van der Waals surface area (Å²) in [7, 11) is 0. The van der Waals surface area contributed by atoms with E-state index in [2.05, 4.69) is 10.1 Å². The number of hydrogen-bond acceptors (Lipinski definition) is 4. The highest BCUT2D eigenvalue weighted by Gasteiger charge is 2.21. The number of carboxylic acids is 1. The average Bonchev–Trinajstić information content (AvgIpc) is 2.38. The van der Waals surface area contributed by atoms with Gasteiger partial charge in [0.15, 0.2) is 6.04 Å². The minimum atomic E-state index is -1.31. The van der Waals surface area contributed by atoms with Crippen LogP contribution in [0.4, 0.5) is 9.18 Å². The molecule has 1 rings (SSSR count). The van der Waals surface area contributed by atoms with Crippen LogP contribution < -0.4 is 10.1 Å². The Hall–Kier alpha value is -2.02. The first-order chi connectivity index (χ1) is 9.43. The van der Waals surface area contributed by atoms with Crippen LogP contribution in [0.2, 0.25) is 5.02 Å². The molecule has 1 atom stereocenters. The van der Waals surface area contributed by atoms with E-state index in [0.717, 1.165) is 6.07 Å². The number of carboxylic acid groups (broad SMARTS) is 1. The standard InChI is InChI=1S/C12H13ClFNO5/c1-2-19-12(18)15-10(11(16)17)6-20-7-3-4-8(13)9(14)5-7/h3-5,10H,2,6H2,1H3,(H,15,18)(H,16,17)/t10-/m1/s1. The Morgan fingerprint density at radius 2 is 2.20 bits per heavy atom. The summed E-state index contributed by atoms with van der Waals surface area (Å²) in [5.41, 5.74) is 0. The number of carbonyl (C=O) groups excluding carboxylic acids is 1. The average molecular weight is 306 g/mol. The summed E-state index contributed by atoms with van der Waals surface area (Å²) < 4.78 is 22.8. The highest BCUT2D eigenvalue weighted by Crippen LogP contribution is 2.20. The first-order valence-corrected chi connectivity index (χ1v) is 6.05. The Morgan fingerprint density at radius 3 is 2.75 bits per heavy atom. The van der Waals surface area contributed by atoms with Crippen molar-refractivity contribution in [1.29, 1.82) is 0 Å². The van der Waals surface area contributed by atoms with Gasteiger partial charge in [-0.3, -0.25) is 0 Å². The van der Waals surface area contributed by atoms with Gasteiger partial charge in [0, 0.05) is 6.07 Å². The Kier molecular flexibility index (Phi) is 6.05. The molecule has 110 valence electrons. The number of carbonyl (C=O) groups is 2. The molecular formula is C12H13ClFNO5. The molecular weight excluding hydrogens is 293 g/mol. The summed E-state index contributed by atoms with van der Waals surface area (Å²) in [5.74, 6) is -1.88. The predicted octanol–water partition coefficient (Wildman–Crippen LogP) is 2.06. The molecule has 0 saturated heterocycles. The van der Waals surface area contributed by atoms with Crippen LogP contribution in [-0.4, -0.2) is 36.4 Å². The van der Waals surface area contributed by atoms with E-state index >= 15 is 0 Å². The molecule has 0 saturated carbocycles. The maximum atomic E-state index is 13.2. The summed E-state index contributed by atoms with van der Waals surface area (Å²) >= 11 is 5.50. The lowest BCUT2D eigenvalue weighted by Gasteiger charge is -2.15. The lowest BCUT2D eigenvalue weighted by Crippen LogP contribution is -2.45. The second kappa shape index (κ2) is 7.54. The van der Waals surface area contributed by atoms with Crippen molar-refractivity contribution < 1.29 is 28.6 Å². The fourth-order valence-electron chi connectivity index (χ4n) is 1.24. The van der Waals surface area contributed by atoms with Gasteiger partial charge in [0.25, 0.3) is 0 Å². The highest BCUT2D eigenvalue weighted by atomic mass is 35.5. The maximum absolute atomic E-state index is 13.2. The first kappa shape index (κ1) is 16.0. The number of aliphatic carboxylic acids is 1. The molecule has 0 aliphatic rings. The van der Waals surface area contributed by atoms with Gasteiger partial charge < -0.3 is 19.9 Å². The summed E-state index contributed by atoms with van der Waals surface area (Å²) in [5, 5.41) is 11.0. The Balaban J connectivity index is 2.60. The van der Waals surface area contributed by atoms with Gasteiger partial charge in [-0.05, 0) is 19.1 Å². The molecule has 1 aromatic carbocycles. The summed E-state index contributed by atoms with van der Waals surface area (Å²) in [6, 6.07) is 2.37. The van der Waals surface area contributed by atoms with Crippen LogP contribution in [0.25, 0.3) is 0 Å². The quantitative estimate of drug-likeness (QED) is 0.840. The van der Waals surface area contributed by atoms with Crippen LogP contribution in [0.1, 0.15) is 6.92 Å². The zero-order valence-corrected chi connectivity index (χ0v) is 11.3. The second-order valence-electron chi connectivity index (χ2n) is 3.64. The van der Waals surface area contributed by atoms with Gasteiger partial charge in [-0.1, -0.05) is 11.6 Å². The predicted molar refractivity (Wildman–Crippen MR) is 68.5 cm³/mol. The number of alkyl carbamates (subject to hydrolysis) is 1. The number of hydrogen-bond donors (Lipinski definition) is 2. The third-order valence-electron chi connectivity index (χ3n) is 2.17. The third kappa shape index (κ3) is 4.93. The van der Waals surface area contributed by atoms with Crippen LogP contribution in [-0.2, 0) is 9.53 Å². The Labute approximate surface area is 119 Å². The Bertz CT molecular complexity index is 497. The molecule has 0 aliphatic carbocycles. The van der Waals surface area contributed by atoms with Crippen LogP contribution in [0.3, 0.4) is 0 Å². The van der Waals surface area contributed by atoms with Crippen LogP contribution in [0.5, 0.6) is 5.75 Å². The molecule has 20 heavy (non-hydrogen) atoms. The van der Waals surface area contributed by atoms with Crippen molar-refractivity contribution in [3.63, 3.8) is 0 Å². The molecule has 0 heterocycles.